The third-order valence-corrected chi connectivity index (χ3v) is 2.67. The van der Waals surface area contributed by atoms with Crippen molar-refractivity contribution in [3.8, 4) is 5.75 Å². The van der Waals surface area contributed by atoms with Crippen molar-refractivity contribution in [3.63, 3.8) is 0 Å². The van der Waals surface area contributed by atoms with Gasteiger partial charge in [0.1, 0.15) is 5.75 Å². The average Bonchev–Trinajstić information content (AvgIpc) is 2.24. The van der Waals surface area contributed by atoms with Crippen molar-refractivity contribution in [1.29, 1.82) is 0 Å². The molecule has 0 bridgehead atoms. The minimum atomic E-state index is -3.97. The van der Waals surface area contributed by atoms with Gasteiger partial charge in [-0.1, -0.05) is 0 Å². The van der Waals surface area contributed by atoms with Gasteiger partial charge in [0.2, 0.25) is 0 Å². The molecule has 0 heterocycles. The largest absolute Gasteiger partial charge is 1.00 e. The van der Waals surface area contributed by atoms with E-state index in [2.05, 4.69) is 0 Å². The second-order valence-corrected chi connectivity index (χ2v) is 4.81. The molecule has 18 heavy (non-hydrogen) atoms. The molecule has 0 amide bonds. The van der Waals surface area contributed by atoms with Crippen LogP contribution in [0.5, 0.6) is 5.75 Å². The summed E-state index contributed by atoms with van der Waals surface area (Å²) in [5, 5.41) is 10.4. The van der Waals surface area contributed by atoms with E-state index in [0.717, 1.165) is 0 Å². The van der Waals surface area contributed by atoms with Crippen LogP contribution in [0.4, 0.5) is 5.69 Å². The van der Waals surface area contributed by atoms with Crippen molar-refractivity contribution in [2.24, 2.45) is 0 Å². The van der Waals surface area contributed by atoms with Crippen molar-refractivity contribution in [2.45, 2.75) is 6.42 Å². The molecule has 0 saturated carbocycles. The minimum absolute atomic E-state index is 0. The van der Waals surface area contributed by atoms with Gasteiger partial charge in [-0.05, 0) is 18.6 Å². The SMILES string of the molecule is O=[N+]([O-])c1ccc(OCCCS(=O)(=O)O)cc1.[H-].[K+]. The number of hydrogen-bond donors (Lipinski definition) is 1. The standard InChI is InChI=1S/C9H11NO6S.K.H/c11-10(12)8-2-4-9(5-3-8)16-6-1-7-17(13,14)15;;/h2-5H,1,6-7H2,(H,13,14,15);;/q;+1;-1. The van der Waals surface area contributed by atoms with Crippen LogP contribution in [0.25, 0.3) is 0 Å². The molecule has 1 aromatic rings. The number of rotatable bonds is 6. The van der Waals surface area contributed by atoms with Crippen molar-refractivity contribution < 1.29 is 75.4 Å². The van der Waals surface area contributed by atoms with Crippen LogP contribution in [0.1, 0.15) is 7.85 Å². The van der Waals surface area contributed by atoms with E-state index in [1.165, 1.54) is 24.3 Å². The predicted molar refractivity (Wildman–Crippen MR) is 60.7 cm³/mol. The Labute approximate surface area is 148 Å². The van der Waals surface area contributed by atoms with Crippen molar-refractivity contribution in [2.75, 3.05) is 12.4 Å². The average molecular weight is 301 g/mol. The zero-order valence-corrected chi connectivity index (χ0v) is 13.7. The molecule has 0 aliphatic heterocycles. The van der Waals surface area contributed by atoms with E-state index < -0.39 is 15.0 Å². The van der Waals surface area contributed by atoms with Crippen molar-refractivity contribution >= 4 is 15.8 Å². The Morgan fingerprint density at radius 2 is 1.89 bits per heavy atom. The molecule has 1 aromatic carbocycles. The molecule has 9 heteroatoms. The van der Waals surface area contributed by atoms with Crippen LogP contribution in [0.2, 0.25) is 0 Å². The summed E-state index contributed by atoms with van der Waals surface area (Å²) in [5.41, 5.74) is -0.0460. The molecule has 0 spiro atoms. The topological polar surface area (TPSA) is 107 Å². The van der Waals surface area contributed by atoms with E-state index in [1.807, 2.05) is 0 Å². The van der Waals surface area contributed by atoms with Crippen LogP contribution in [-0.4, -0.2) is 30.3 Å². The smallest absolute Gasteiger partial charge is 1.00 e. The van der Waals surface area contributed by atoms with Gasteiger partial charge >= 0.3 is 51.4 Å². The van der Waals surface area contributed by atoms with Gasteiger partial charge in [0.15, 0.2) is 0 Å². The Morgan fingerprint density at radius 3 is 2.33 bits per heavy atom. The van der Waals surface area contributed by atoms with Gasteiger partial charge in [0, 0.05) is 12.1 Å². The Kier molecular flexibility index (Phi) is 8.18. The van der Waals surface area contributed by atoms with Crippen LogP contribution in [0.3, 0.4) is 0 Å². The minimum Gasteiger partial charge on any atom is -1.00 e. The Balaban J connectivity index is 0. The molecule has 0 aliphatic carbocycles. The molecule has 0 aliphatic rings. The van der Waals surface area contributed by atoms with Gasteiger partial charge in [0.25, 0.3) is 15.8 Å². The Morgan fingerprint density at radius 1 is 1.33 bits per heavy atom. The molecule has 0 fully saturated rings. The zero-order valence-electron chi connectivity index (χ0n) is 10.8. The molecule has 0 saturated heterocycles. The second-order valence-electron chi connectivity index (χ2n) is 3.24. The first-order valence-corrected chi connectivity index (χ1v) is 6.32. The van der Waals surface area contributed by atoms with Gasteiger partial charge in [-0.3, -0.25) is 14.7 Å². The Bertz CT molecular complexity index is 492. The molecule has 96 valence electrons. The molecule has 0 unspecified atom stereocenters. The van der Waals surface area contributed by atoms with Crippen molar-refractivity contribution in [3.05, 3.63) is 34.4 Å². The molecule has 0 aromatic heterocycles. The van der Waals surface area contributed by atoms with Gasteiger partial charge < -0.3 is 6.16 Å². The first-order valence-electron chi connectivity index (χ1n) is 4.71. The monoisotopic (exact) mass is 301 g/mol. The number of hydrogen-bond acceptors (Lipinski definition) is 5. The van der Waals surface area contributed by atoms with Crippen LogP contribution >= 0.6 is 0 Å². The van der Waals surface area contributed by atoms with Crippen LogP contribution in [0.15, 0.2) is 24.3 Å². The maximum absolute atomic E-state index is 10.4. The fourth-order valence-electron chi connectivity index (χ4n) is 1.10. The van der Waals surface area contributed by atoms with E-state index >= 15 is 0 Å². The van der Waals surface area contributed by atoms with E-state index in [4.69, 9.17) is 9.29 Å². The maximum atomic E-state index is 10.4. The number of ether oxygens (including phenoxy) is 1. The fraction of sp³-hybridized carbons (Fsp3) is 0.333. The summed E-state index contributed by atoms with van der Waals surface area (Å²) in [7, 11) is -3.97. The van der Waals surface area contributed by atoms with E-state index in [1.54, 1.807) is 0 Å². The zero-order chi connectivity index (χ0) is 12.9. The fourth-order valence-corrected chi connectivity index (χ4v) is 1.58. The van der Waals surface area contributed by atoms with Gasteiger partial charge in [-0.2, -0.15) is 8.42 Å². The number of nitrogens with zero attached hydrogens (tertiary/aromatic N) is 1. The number of nitro benzene ring substituents is 1. The third kappa shape index (κ3) is 7.41. The van der Waals surface area contributed by atoms with Gasteiger partial charge in [-0.25, -0.2) is 0 Å². The molecule has 0 radical (unpaired) electrons. The first-order chi connectivity index (χ1) is 7.88. The molecule has 1 N–H and O–H groups in total. The predicted octanol–water partition coefficient (Wildman–Crippen LogP) is -1.63. The summed E-state index contributed by atoms with van der Waals surface area (Å²) in [6, 6.07) is 5.42. The molecule has 1 rings (SSSR count). The second kappa shape index (κ2) is 8.20. The molecular formula is C9H12KNO6S. The van der Waals surface area contributed by atoms with E-state index in [0.29, 0.717) is 5.75 Å². The first kappa shape index (κ1) is 18.0. The van der Waals surface area contributed by atoms with Gasteiger partial charge in [-0.15, -0.1) is 0 Å². The summed E-state index contributed by atoms with van der Waals surface area (Å²) in [4.78, 5) is 9.83. The molecule has 0 atom stereocenters. The normalized spacial score (nSPS) is 10.5. The molecular weight excluding hydrogens is 289 g/mol. The van der Waals surface area contributed by atoms with Gasteiger partial charge in [0.05, 0.1) is 17.3 Å². The summed E-state index contributed by atoms with van der Waals surface area (Å²) in [6.07, 6.45) is 0.149. The van der Waals surface area contributed by atoms with Crippen LogP contribution in [0, 0.1) is 10.1 Å². The molecule has 7 nitrogen and oxygen atoms in total. The van der Waals surface area contributed by atoms with E-state index in [-0.39, 0.29) is 77.3 Å². The van der Waals surface area contributed by atoms with Crippen LogP contribution < -0.4 is 56.1 Å². The quantitative estimate of drug-likeness (QED) is 0.222. The summed E-state index contributed by atoms with van der Waals surface area (Å²) in [5.74, 6) is 0.0333. The maximum Gasteiger partial charge on any atom is 1.00 e. The summed E-state index contributed by atoms with van der Waals surface area (Å²) < 4.78 is 34.4. The number of non-ortho nitro benzene ring substituents is 1. The van der Waals surface area contributed by atoms with Crippen LogP contribution in [-0.2, 0) is 10.1 Å². The number of nitro groups is 1. The van der Waals surface area contributed by atoms with E-state index in [9.17, 15) is 18.5 Å². The third-order valence-electron chi connectivity index (χ3n) is 1.86. The summed E-state index contributed by atoms with van der Waals surface area (Å²) >= 11 is 0. The summed E-state index contributed by atoms with van der Waals surface area (Å²) in [6.45, 7) is 0.109. The Hall–Kier alpha value is -0.0336. The van der Waals surface area contributed by atoms with Crippen molar-refractivity contribution in [1.82, 2.24) is 0 Å². The number of benzene rings is 1.